The molecule has 0 spiro atoms. The highest BCUT2D eigenvalue weighted by Crippen LogP contribution is 2.19. The van der Waals surface area contributed by atoms with Crippen LogP contribution in [-0.2, 0) is 20.8 Å². The molecule has 0 aromatic heterocycles. The Morgan fingerprint density at radius 1 is 1.30 bits per heavy atom. The molecule has 1 amide bonds. The zero-order chi connectivity index (χ0) is 17.2. The van der Waals surface area contributed by atoms with Crippen molar-refractivity contribution in [1.82, 2.24) is 4.90 Å². The van der Waals surface area contributed by atoms with E-state index >= 15 is 0 Å². The number of benzene rings is 1. The van der Waals surface area contributed by atoms with E-state index in [9.17, 15) is 4.79 Å². The summed E-state index contributed by atoms with van der Waals surface area (Å²) in [6.07, 6.45) is 3.93. The van der Waals surface area contributed by atoms with Crippen LogP contribution in [0.25, 0.3) is 0 Å². The molecule has 23 heavy (non-hydrogen) atoms. The van der Waals surface area contributed by atoms with E-state index in [0.29, 0.717) is 13.1 Å². The van der Waals surface area contributed by atoms with Crippen molar-refractivity contribution in [2.45, 2.75) is 33.1 Å². The van der Waals surface area contributed by atoms with E-state index in [-0.39, 0.29) is 5.91 Å². The van der Waals surface area contributed by atoms with Crippen molar-refractivity contribution in [2.24, 2.45) is 0 Å². The molecule has 0 aliphatic rings. The largest absolute Gasteiger partial charge is 0.352 e. The molecule has 4 heteroatoms. The van der Waals surface area contributed by atoms with E-state index in [1.807, 2.05) is 24.3 Å². The summed E-state index contributed by atoms with van der Waals surface area (Å²) in [4.78, 5) is 13.9. The van der Waals surface area contributed by atoms with Crippen molar-refractivity contribution in [3.8, 4) is 0 Å². The summed E-state index contributed by atoms with van der Waals surface area (Å²) in [5.74, 6) is -0.0624. The van der Waals surface area contributed by atoms with Gasteiger partial charge in [-0.25, -0.2) is 0 Å². The summed E-state index contributed by atoms with van der Waals surface area (Å²) < 4.78 is 10.6. The smallest absolute Gasteiger partial charge is 0.246 e. The van der Waals surface area contributed by atoms with Gasteiger partial charge in [0.1, 0.15) is 0 Å². The molecule has 0 fully saturated rings. The van der Waals surface area contributed by atoms with E-state index < -0.39 is 6.29 Å². The van der Waals surface area contributed by atoms with Crippen LogP contribution in [0.4, 0.5) is 0 Å². The van der Waals surface area contributed by atoms with E-state index in [2.05, 4.69) is 26.5 Å². The molecule has 4 nitrogen and oxygen atoms in total. The molecule has 0 N–H and O–H groups in total. The number of nitrogens with zero attached hydrogens (tertiary/aromatic N) is 1. The maximum absolute atomic E-state index is 12.1. The van der Waals surface area contributed by atoms with Gasteiger partial charge < -0.3 is 14.4 Å². The fraction of sp³-hybridized carbons (Fsp3) is 0.421. The molecule has 0 saturated carbocycles. The highest BCUT2D eigenvalue weighted by molar-refractivity contribution is 5.86. The average molecular weight is 317 g/mol. The number of allylic oxidation sites excluding steroid dienone is 1. The fourth-order valence-electron chi connectivity index (χ4n) is 2.33. The highest BCUT2D eigenvalue weighted by atomic mass is 16.7. The summed E-state index contributed by atoms with van der Waals surface area (Å²) in [6, 6.07) is 7.89. The summed E-state index contributed by atoms with van der Waals surface area (Å²) in [7, 11) is 3.21. The van der Waals surface area contributed by atoms with E-state index in [0.717, 1.165) is 17.5 Å². The van der Waals surface area contributed by atoms with E-state index in [1.54, 1.807) is 19.1 Å². The van der Waals surface area contributed by atoms with Crippen LogP contribution in [0.3, 0.4) is 0 Å². The lowest BCUT2D eigenvalue weighted by atomic mass is 10.1. The van der Waals surface area contributed by atoms with Gasteiger partial charge in [-0.3, -0.25) is 4.79 Å². The summed E-state index contributed by atoms with van der Waals surface area (Å²) in [5.41, 5.74) is 3.22. The van der Waals surface area contributed by atoms with Crippen LogP contribution in [0, 0.1) is 0 Å². The van der Waals surface area contributed by atoms with Gasteiger partial charge in [-0.05, 0) is 38.0 Å². The molecular formula is C19H27NO3. The van der Waals surface area contributed by atoms with Gasteiger partial charge in [0, 0.05) is 32.9 Å². The standard InChI is InChI=1S/C19H27NO3/c1-6-18(21)20(12-8-9-15(2)3)14-16-10-7-11-17(13-16)19(22-4)23-5/h6-7,9-11,13,19H,1,8,12,14H2,2-5H3. The third kappa shape index (κ3) is 6.38. The van der Waals surface area contributed by atoms with Crippen molar-refractivity contribution in [2.75, 3.05) is 20.8 Å². The van der Waals surface area contributed by atoms with Gasteiger partial charge >= 0.3 is 0 Å². The van der Waals surface area contributed by atoms with Crippen LogP contribution in [0.15, 0.2) is 48.6 Å². The van der Waals surface area contributed by atoms with Gasteiger partial charge in [0.25, 0.3) is 0 Å². The molecule has 0 atom stereocenters. The Hall–Kier alpha value is -1.91. The Morgan fingerprint density at radius 3 is 2.57 bits per heavy atom. The molecular weight excluding hydrogens is 290 g/mol. The number of carbonyl (C=O) groups excluding carboxylic acids is 1. The third-order valence-corrected chi connectivity index (χ3v) is 3.46. The first-order valence-corrected chi connectivity index (χ1v) is 7.71. The molecule has 1 aromatic rings. The minimum Gasteiger partial charge on any atom is -0.352 e. The van der Waals surface area contributed by atoms with Crippen molar-refractivity contribution in [3.63, 3.8) is 0 Å². The molecule has 0 saturated heterocycles. The first kappa shape index (κ1) is 19.1. The summed E-state index contributed by atoms with van der Waals surface area (Å²) in [5, 5.41) is 0. The van der Waals surface area contributed by atoms with Gasteiger partial charge in [0.2, 0.25) is 5.91 Å². The summed E-state index contributed by atoms with van der Waals surface area (Å²) in [6.45, 7) is 8.90. The van der Waals surface area contributed by atoms with Crippen LogP contribution < -0.4 is 0 Å². The van der Waals surface area contributed by atoms with Crippen LogP contribution in [0.5, 0.6) is 0 Å². The SMILES string of the molecule is C=CC(=O)N(CCC=C(C)C)Cc1cccc(C(OC)OC)c1. The Bertz CT molecular complexity index is 543. The van der Waals surface area contributed by atoms with Crippen molar-refractivity contribution >= 4 is 5.91 Å². The normalized spacial score (nSPS) is 10.5. The molecule has 1 rings (SSSR count). The van der Waals surface area contributed by atoms with E-state index in [1.165, 1.54) is 11.6 Å². The Morgan fingerprint density at radius 2 is 2.00 bits per heavy atom. The lowest BCUT2D eigenvalue weighted by molar-refractivity contribution is -0.126. The number of amides is 1. The molecule has 126 valence electrons. The van der Waals surface area contributed by atoms with Crippen LogP contribution in [0.1, 0.15) is 37.7 Å². The zero-order valence-corrected chi connectivity index (χ0v) is 14.5. The first-order chi connectivity index (χ1) is 11.0. The Balaban J connectivity index is 2.86. The highest BCUT2D eigenvalue weighted by Gasteiger charge is 2.13. The molecule has 1 aromatic carbocycles. The van der Waals surface area contributed by atoms with Crippen molar-refractivity contribution < 1.29 is 14.3 Å². The van der Waals surface area contributed by atoms with Crippen LogP contribution >= 0.6 is 0 Å². The maximum Gasteiger partial charge on any atom is 0.246 e. The second kappa shape index (κ2) is 9.98. The van der Waals surface area contributed by atoms with Crippen molar-refractivity contribution in [1.29, 1.82) is 0 Å². The minimum atomic E-state index is -0.399. The number of methoxy groups -OCH3 is 2. The first-order valence-electron chi connectivity index (χ1n) is 7.71. The minimum absolute atomic E-state index is 0.0624. The predicted octanol–water partition coefficient (Wildman–Crippen LogP) is 3.85. The zero-order valence-electron chi connectivity index (χ0n) is 14.5. The second-order valence-corrected chi connectivity index (χ2v) is 5.58. The molecule has 0 aliphatic heterocycles. The quantitative estimate of drug-likeness (QED) is 0.394. The van der Waals surface area contributed by atoms with Crippen molar-refractivity contribution in [3.05, 3.63) is 59.7 Å². The Kier molecular flexibility index (Phi) is 8.30. The topological polar surface area (TPSA) is 38.8 Å². The lowest BCUT2D eigenvalue weighted by Crippen LogP contribution is -2.29. The number of ether oxygens (including phenoxy) is 2. The van der Waals surface area contributed by atoms with Gasteiger partial charge in [-0.15, -0.1) is 0 Å². The van der Waals surface area contributed by atoms with Gasteiger partial charge in [0.05, 0.1) is 0 Å². The average Bonchev–Trinajstić information content (AvgIpc) is 2.54. The summed E-state index contributed by atoms with van der Waals surface area (Å²) >= 11 is 0. The van der Waals surface area contributed by atoms with E-state index in [4.69, 9.17) is 9.47 Å². The number of hydrogen-bond acceptors (Lipinski definition) is 3. The predicted molar refractivity (Wildman–Crippen MR) is 92.9 cm³/mol. The number of carbonyl (C=O) groups is 1. The molecule has 0 radical (unpaired) electrons. The Labute approximate surface area is 139 Å². The monoisotopic (exact) mass is 317 g/mol. The molecule has 0 heterocycles. The third-order valence-electron chi connectivity index (χ3n) is 3.46. The number of hydrogen-bond donors (Lipinski definition) is 0. The maximum atomic E-state index is 12.1. The fourth-order valence-corrected chi connectivity index (χ4v) is 2.33. The number of rotatable bonds is 9. The molecule has 0 bridgehead atoms. The van der Waals surface area contributed by atoms with Gasteiger partial charge in [0.15, 0.2) is 6.29 Å². The van der Waals surface area contributed by atoms with Crippen LogP contribution in [0.2, 0.25) is 0 Å². The van der Waals surface area contributed by atoms with Gasteiger partial charge in [-0.2, -0.15) is 0 Å². The van der Waals surface area contributed by atoms with Crippen LogP contribution in [-0.4, -0.2) is 31.6 Å². The molecule has 0 unspecified atom stereocenters. The van der Waals surface area contributed by atoms with Gasteiger partial charge in [-0.1, -0.05) is 36.4 Å². The second-order valence-electron chi connectivity index (χ2n) is 5.58. The lowest BCUT2D eigenvalue weighted by Gasteiger charge is -2.22. The molecule has 0 aliphatic carbocycles.